The maximum atomic E-state index is 13.3. The number of hydrogen-bond acceptors (Lipinski definition) is 2. The molecule has 4 heteroatoms. The Labute approximate surface area is 104 Å². The van der Waals surface area contributed by atoms with E-state index in [-0.39, 0.29) is 5.82 Å². The molecule has 0 amide bonds. The van der Waals surface area contributed by atoms with E-state index in [0.717, 1.165) is 11.3 Å². The minimum atomic E-state index is -0.193. The van der Waals surface area contributed by atoms with Gasteiger partial charge >= 0.3 is 0 Å². The molecule has 2 aromatic rings. The van der Waals surface area contributed by atoms with E-state index in [1.165, 1.54) is 6.07 Å². The summed E-state index contributed by atoms with van der Waals surface area (Å²) >= 11 is 5.97. The van der Waals surface area contributed by atoms with E-state index in [4.69, 9.17) is 11.6 Å². The molecule has 0 unspecified atom stereocenters. The second-order valence-electron chi connectivity index (χ2n) is 3.79. The van der Waals surface area contributed by atoms with Crippen LogP contribution in [0, 0.1) is 12.7 Å². The molecule has 2 nitrogen and oxygen atoms in total. The second kappa shape index (κ2) is 5.15. The van der Waals surface area contributed by atoms with Gasteiger partial charge in [0.1, 0.15) is 5.82 Å². The zero-order valence-electron chi connectivity index (χ0n) is 9.37. The third-order valence-electron chi connectivity index (χ3n) is 2.49. The number of halogens is 2. The number of benzene rings is 1. The Bertz CT molecular complexity index is 529. The molecular weight excluding hydrogens is 239 g/mol. The molecule has 1 heterocycles. The van der Waals surface area contributed by atoms with Crippen LogP contribution < -0.4 is 5.32 Å². The van der Waals surface area contributed by atoms with Gasteiger partial charge in [-0.3, -0.25) is 4.98 Å². The molecule has 0 bridgehead atoms. The summed E-state index contributed by atoms with van der Waals surface area (Å²) in [5.41, 5.74) is 2.26. The van der Waals surface area contributed by atoms with E-state index in [0.29, 0.717) is 17.1 Å². The van der Waals surface area contributed by atoms with Gasteiger partial charge in [0, 0.05) is 12.7 Å². The van der Waals surface area contributed by atoms with Gasteiger partial charge in [-0.1, -0.05) is 23.7 Å². The van der Waals surface area contributed by atoms with Crippen LogP contribution in [0.5, 0.6) is 0 Å². The van der Waals surface area contributed by atoms with Gasteiger partial charge in [-0.25, -0.2) is 4.39 Å². The van der Waals surface area contributed by atoms with Gasteiger partial charge in [0.05, 0.1) is 16.9 Å². The Morgan fingerprint density at radius 3 is 2.88 bits per heavy atom. The van der Waals surface area contributed by atoms with Crippen molar-refractivity contribution in [1.82, 2.24) is 4.98 Å². The van der Waals surface area contributed by atoms with E-state index >= 15 is 0 Å². The maximum Gasteiger partial charge on any atom is 0.126 e. The van der Waals surface area contributed by atoms with E-state index < -0.39 is 0 Å². The van der Waals surface area contributed by atoms with E-state index in [9.17, 15) is 4.39 Å². The van der Waals surface area contributed by atoms with Gasteiger partial charge in [0.15, 0.2) is 0 Å². The van der Waals surface area contributed by atoms with Crippen molar-refractivity contribution in [2.45, 2.75) is 13.5 Å². The van der Waals surface area contributed by atoms with Crippen LogP contribution in [-0.4, -0.2) is 4.98 Å². The quantitative estimate of drug-likeness (QED) is 0.896. The first-order valence-corrected chi connectivity index (χ1v) is 5.63. The van der Waals surface area contributed by atoms with Crippen molar-refractivity contribution >= 4 is 17.3 Å². The fourth-order valence-corrected chi connectivity index (χ4v) is 1.62. The van der Waals surface area contributed by atoms with Crippen LogP contribution in [0.15, 0.2) is 36.7 Å². The highest BCUT2D eigenvalue weighted by Gasteiger charge is 2.01. The van der Waals surface area contributed by atoms with Gasteiger partial charge in [0.25, 0.3) is 0 Å². The molecule has 1 aromatic carbocycles. The van der Waals surface area contributed by atoms with Gasteiger partial charge in [-0.05, 0) is 30.2 Å². The van der Waals surface area contributed by atoms with E-state index in [1.807, 2.05) is 6.07 Å². The predicted octanol–water partition coefficient (Wildman–Crippen LogP) is 3.79. The summed E-state index contributed by atoms with van der Waals surface area (Å²) in [7, 11) is 0. The highest BCUT2D eigenvalue weighted by Crippen LogP contribution is 2.20. The highest BCUT2D eigenvalue weighted by atomic mass is 35.5. The molecule has 0 atom stereocenters. The predicted molar refractivity (Wildman–Crippen MR) is 67.7 cm³/mol. The second-order valence-corrected chi connectivity index (χ2v) is 4.20. The lowest BCUT2D eigenvalue weighted by molar-refractivity contribution is 0.616. The van der Waals surface area contributed by atoms with Gasteiger partial charge in [0.2, 0.25) is 0 Å². The van der Waals surface area contributed by atoms with E-state index in [1.54, 1.807) is 31.5 Å². The number of nitrogens with one attached hydrogen (secondary N) is 1. The monoisotopic (exact) mass is 250 g/mol. The third kappa shape index (κ3) is 2.94. The summed E-state index contributed by atoms with van der Waals surface area (Å²) in [6.07, 6.45) is 3.27. The smallest absolute Gasteiger partial charge is 0.126 e. The number of aromatic nitrogens is 1. The van der Waals surface area contributed by atoms with E-state index in [2.05, 4.69) is 10.3 Å². The van der Waals surface area contributed by atoms with Crippen LogP contribution in [0.25, 0.3) is 0 Å². The highest BCUT2D eigenvalue weighted by molar-refractivity contribution is 6.33. The number of pyridine rings is 1. The Morgan fingerprint density at radius 1 is 1.35 bits per heavy atom. The van der Waals surface area contributed by atoms with Crippen molar-refractivity contribution in [3.05, 3.63) is 58.6 Å². The first-order chi connectivity index (χ1) is 8.16. The number of nitrogens with zero attached hydrogens (tertiary/aromatic N) is 1. The Balaban J connectivity index is 2.08. The van der Waals surface area contributed by atoms with Crippen molar-refractivity contribution in [2.24, 2.45) is 0 Å². The zero-order chi connectivity index (χ0) is 12.3. The average Bonchev–Trinajstić information content (AvgIpc) is 2.32. The minimum absolute atomic E-state index is 0.193. The zero-order valence-corrected chi connectivity index (χ0v) is 10.1. The molecule has 0 fully saturated rings. The van der Waals surface area contributed by atoms with Crippen LogP contribution in [-0.2, 0) is 6.54 Å². The Morgan fingerprint density at radius 2 is 2.18 bits per heavy atom. The standard InChI is InChI=1S/C13H12ClFN2/c1-9-2-3-10(6-12(9)15)7-17-13-8-16-5-4-11(13)14/h2-6,8,17H,7H2,1H3. The topological polar surface area (TPSA) is 24.9 Å². The fraction of sp³-hybridized carbons (Fsp3) is 0.154. The third-order valence-corrected chi connectivity index (χ3v) is 2.82. The molecule has 88 valence electrons. The first-order valence-electron chi connectivity index (χ1n) is 5.25. The lowest BCUT2D eigenvalue weighted by Crippen LogP contribution is -2.01. The van der Waals surface area contributed by atoms with Crippen molar-refractivity contribution in [1.29, 1.82) is 0 Å². The fourth-order valence-electron chi connectivity index (χ4n) is 1.45. The van der Waals surface area contributed by atoms with Crippen LogP contribution in [0.1, 0.15) is 11.1 Å². The summed E-state index contributed by atoms with van der Waals surface area (Å²) in [5.74, 6) is -0.193. The molecule has 0 aliphatic rings. The average molecular weight is 251 g/mol. The molecule has 2 rings (SSSR count). The van der Waals surface area contributed by atoms with Crippen molar-refractivity contribution in [3.8, 4) is 0 Å². The van der Waals surface area contributed by atoms with Crippen molar-refractivity contribution < 1.29 is 4.39 Å². The molecule has 0 radical (unpaired) electrons. The number of anilines is 1. The molecule has 0 saturated carbocycles. The van der Waals surface area contributed by atoms with Crippen LogP contribution >= 0.6 is 11.6 Å². The Kier molecular flexibility index (Phi) is 3.59. The number of rotatable bonds is 3. The molecule has 1 N–H and O–H groups in total. The SMILES string of the molecule is Cc1ccc(CNc2cnccc2Cl)cc1F. The molecule has 0 saturated heterocycles. The maximum absolute atomic E-state index is 13.3. The number of hydrogen-bond donors (Lipinski definition) is 1. The molecule has 0 aliphatic heterocycles. The van der Waals surface area contributed by atoms with Gasteiger partial charge < -0.3 is 5.32 Å². The number of aryl methyl sites for hydroxylation is 1. The Hall–Kier alpha value is -1.61. The van der Waals surface area contributed by atoms with Crippen molar-refractivity contribution in [2.75, 3.05) is 5.32 Å². The van der Waals surface area contributed by atoms with Crippen molar-refractivity contribution in [3.63, 3.8) is 0 Å². The largest absolute Gasteiger partial charge is 0.379 e. The van der Waals surface area contributed by atoms with Crippen LogP contribution in [0.3, 0.4) is 0 Å². The first kappa shape index (κ1) is 11.9. The van der Waals surface area contributed by atoms with Gasteiger partial charge in [-0.15, -0.1) is 0 Å². The summed E-state index contributed by atoms with van der Waals surface area (Å²) in [6, 6.07) is 6.87. The molecule has 0 aliphatic carbocycles. The summed E-state index contributed by atoms with van der Waals surface area (Å²) in [5, 5.41) is 3.72. The summed E-state index contributed by atoms with van der Waals surface area (Å²) in [6.45, 7) is 2.26. The summed E-state index contributed by atoms with van der Waals surface area (Å²) < 4.78 is 13.3. The molecule has 0 spiro atoms. The normalized spacial score (nSPS) is 10.3. The molecular formula is C13H12ClFN2. The van der Waals surface area contributed by atoms with Crippen LogP contribution in [0.2, 0.25) is 5.02 Å². The summed E-state index contributed by atoms with van der Waals surface area (Å²) in [4.78, 5) is 3.97. The van der Waals surface area contributed by atoms with Gasteiger partial charge in [-0.2, -0.15) is 0 Å². The lowest BCUT2D eigenvalue weighted by atomic mass is 10.1. The minimum Gasteiger partial charge on any atom is -0.379 e. The lowest BCUT2D eigenvalue weighted by Gasteiger charge is -2.08. The molecule has 1 aromatic heterocycles. The van der Waals surface area contributed by atoms with Crippen LogP contribution in [0.4, 0.5) is 10.1 Å². The molecule has 17 heavy (non-hydrogen) atoms.